The molecule has 2 heterocycles. The first-order valence-electron chi connectivity index (χ1n) is 9.93. The number of benzene rings is 2. The van der Waals surface area contributed by atoms with E-state index in [0.29, 0.717) is 5.13 Å². The summed E-state index contributed by atoms with van der Waals surface area (Å²) >= 11 is 1.05. The van der Waals surface area contributed by atoms with Gasteiger partial charge in [0.25, 0.3) is 5.97 Å². The van der Waals surface area contributed by atoms with Crippen LogP contribution in [-0.2, 0) is 4.79 Å². The number of thiazole rings is 1. The number of aromatic nitrogens is 1. The largest absolute Gasteiger partial charge is 0.489 e. The molecule has 4 rings (SSSR count). The lowest BCUT2D eigenvalue weighted by atomic mass is 10.1. The Balaban J connectivity index is 0.000000709. The molecule has 0 bridgehead atoms. The van der Waals surface area contributed by atoms with Crippen molar-refractivity contribution in [2.45, 2.75) is 19.4 Å². The smallest absolute Gasteiger partial charge is 0.300 e. The molecule has 33 heavy (non-hydrogen) atoms. The molecule has 1 saturated heterocycles. The molecule has 8 nitrogen and oxygen atoms in total. The number of carboxylic acids is 1. The topological polar surface area (TPSA) is 127 Å². The number of ketones is 1. The van der Waals surface area contributed by atoms with Crippen LogP contribution in [0.5, 0.6) is 5.75 Å². The van der Waals surface area contributed by atoms with Crippen LogP contribution < -0.4 is 21.1 Å². The fraction of sp³-hybridized carbons (Fsp3) is 0.227. The van der Waals surface area contributed by atoms with Gasteiger partial charge in [0.1, 0.15) is 22.5 Å². The number of anilines is 3. The number of rotatable bonds is 6. The number of aliphatic carboxylic acids is 1. The maximum Gasteiger partial charge on any atom is 0.300 e. The second kappa shape index (κ2) is 10.8. The van der Waals surface area contributed by atoms with Crippen molar-refractivity contribution in [2.75, 3.05) is 24.1 Å². The zero-order valence-corrected chi connectivity index (χ0v) is 18.4. The Morgan fingerprint density at radius 2 is 1.91 bits per heavy atom. The lowest BCUT2D eigenvalue weighted by Gasteiger charge is -2.12. The van der Waals surface area contributed by atoms with E-state index in [0.717, 1.165) is 61.3 Å². The van der Waals surface area contributed by atoms with E-state index in [9.17, 15) is 13.6 Å². The number of ether oxygens (including phenoxy) is 1. The van der Waals surface area contributed by atoms with Gasteiger partial charge >= 0.3 is 0 Å². The van der Waals surface area contributed by atoms with Crippen LogP contribution in [0.25, 0.3) is 0 Å². The number of halogens is 2. The molecule has 1 aliphatic heterocycles. The molecule has 1 aromatic heterocycles. The van der Waals surface area contributed by atoms with Crippen molar-refractivity contribution in [3.8, 4) is 5.75 Å². The number of hydrogen-bond acceptors (Lipinski definition) is 8. The third-order valence-corrected chi connectivity index (χ3v) is 5.45. The van der Waals surface area contributed by atoms with Gasteiger partial charge in [0.05, 0.1) is 0 Å². The van der Waals surface area contributed by atoms with Gasteiger partial charge in [-0.1, -0.05) is 11.3 Å². The Labute approximate surface area is 192 Å². The zero-order valence-electron chi connectivity index (χ0n) is 17.6. The highest BCUT2D eigenvalue weighted by molar-refractivity contribution is 7.18. The van der Waals surface area contributed by atoms with Gasteiger partial charge in [-0.15, -0.1) is 0 Å². The molecule has 1 unspecified atom stereocenters. The highest BCUT2D eigenvalue weighted by Gasteiger charge is 2.20. The van der Waals surface area contributed by atoms with E-state index in [2.05, 4.69) is 15.6 Å². The number of nitrogens with two attached hydrogens (primary N) is 1. The van der Waals surface area contributed by atoms with Crippen molar-refractivity contribution in [1.29, 1.82) is 0 Å². The van der Waals surface area contributed by atoms with Crippen molar-refractivity contribution in [3.63, 3.8) is 0 Å². The van der Waals surface area contributed by atoms with Crippen LogP contribution in [0.2, 0.25) is 0 Å². The SMILES string of the molecule is CC(=O)O.Nc1nc(Nc2ccc(OC3CCNC3)cc2)sc1C(=O)c1ccc(F)c(F)c1. The average Bonchev–Trinajstić information content (AvgIpc) is 3.40. The monoisotopic (exact) mass is 476 g/mol. The maximum atomic E-state index is 13.4. The van der Waals surface area contributed by atoms with E-state index in [1.807, 2.05) is 24.3 Å². The average molecular weight is 477 g/mol. The lowest BCUT2D eigenvalue weighted by Crippen LogP contribution is -2.19. The third kappa shape index (κ3) is 6.70. The number of nitrogens with one attached hydrogen (secondary N) is 2. The first-order chi connectivity index (χ1) is 15.7. The molecule has 174 valence electrons. The quantitative estimate of drug-likeness (QED) is 0.396. The molecule has 11 heteroatoms. The maximum absolute atomic E-state index is 13.4. The van der Waals surface area contributed by atoms with Crippen molar-refractivity contribution in [3.05, 3.63) is 64.5 Å². The number of carbonyl (C=O) groups excluding carboxylic acids is 1. The number of carbonyl (C=O) groups is 2. The van der Waals surface area contributed by atoms with Gasteiger partial charge in [-0.2, -0.15) is 0 Å². The van der Waals surface area contributed by atoms with Crippen molar-refractivity contribution >= 4 is 39.7 Å². The second-order valence-electron chi connectivity index (χ2n) is 7.09. The Morgan fingerprint density at radius 3 is 2.52 bits per heavy atom. The van der Waals surface area contributed by atoms with Crippen molar-refractivity contribution in [1.82, 2.24) is 10.3 Å². The summed E-state index contributed by atoms with van der Waals surface area (Å²) in [5.74, 6) is -2.65. The van der Waals surface area contributed by atoms with Gasteiger partial charge in [-0.05, 0) is 55.4 Å². The first-order valence-corrected chi connectivity index (χ1v) is 10.7. The normalized spacial score (nSPS) is 14.8. The Hall–Kier alpha value is -3.57. The van der Waals surface area contributed by atoms with Crippen LogP contribution in [0, 0.1) is 11.6 Å². The summed E-state index contributed by atoms with van der Waals surface area (Å²) in [5, 5.41) is 14.2. The van der Waals surface area contributed by atoms with E-state index in [1.165, 1.54) is 6.07 Å². The highest BCUT2D eigenvalue weighted by atomic mass is 32.1. The number of nitrogens with zero attached hydrogens (tertiary/aromatic N) is 1. The molecule has 0 radical (unpaired) electrons. The van der Waals surface area contributed by atoms with Crippen LogP contribution in [0.15, 0.2) is 42.5 Å². The van der Waals surface area contributed by atoms with Crippen molar-refractivity contribution in [2.24, 2.45) is 0 Å². The van der Waals surface area contributed by atoms with Gasteiger partial charge in [-0.25, -0.2) is 13.8 Å². The summed E-state index contributed by atoms with van der Waals surface area (Å²) < 4.78 is 32.4. The molecule has 3 aromatic rings. The minimum atomic E-state index is -1.09. The van der Waals surface area contributed by atoms with E-state index in [4.69, 9.17) is 20.4 Å². The molecule has 0 amide bonds. The summed E-state index contributed by atoms with van der Waals surface area (Å²) in [5.41, 5.74) is 6.62. The van der Waals surface area contributed by atoms with E-state index >= 15 is 0 Å². The summed E-state index contributed by atoms with van der Waals surface area (Å²) in [6, 6.07) is 10.4. The van der Waals surface area contributed by atoms with Crippen LogP contribution >= 0.6 is 11.3 Å². The second-order valence-corrected chi connectivity index (χ2v) is 8.09. The van der Waals surface area contributed by atoms with Crippen LogP contribution in [0.4, 0.5) is 25.4 Å². The summed E-state index contributed by atoms with van der Waals surface area (Å²) in [6.45, 7) is 2.88. The lowest BCUT2D eigenvalue weighted by molar-refractivity contribution is -0.134. The molecule has 1 fully saturated rings. The predicted molar refractivity (Wildman–Crippen MR) is 121 cm³/mol. The molecule has 0 spiro atoms. The van der Waals surface area contributed by atoms with E-state index in [-0.39, 0.29) is 22.4 Å². The predicted octanol–water partition coefficient (Wildman–Crippen LogP) is 3.81. The molecular weight excluding hydrogens is 454 g/mol. The third-order valence-electron chi connectivity index (χ3n) is 4.46. The molecule has 0 aliphatic carbocycles. The van der Waals surface area contributed by atoms with E-state index in [1.54, 1.807) is 0 Å². The Morgan fingerprint density at radius 1 is 1.21 bits per heavy atom. The van der Waals surface area contributed by atoms with Crippen LogP contribution in [-0.4, -0.2) is 41.0 Å². The summed E-state index contributed by atoms with van der Waals surface area (Å²) in [4.78, 5) is 25.9. The summed E-state index contributed by atoms with van der Waals surface area (Å²) in [6.07, 6.45) is 1.16. The number of carboxylic acid groups (broad SMARTS) is 1. The molecule has 1 aliphatic rings. The minimum absolute atomic E-state index is 0.00806. The van der Waals surface area contributed by atoms with Crippen molar-refractivity contribution < 1.29 is 28.2 Å². The van der Waals surface area contributed by atoms with Gasteiger partial charge in [0.2, 0.25) is 5.78 Å². The first kappa shape index (κ1) is 24.1. The number of nitrogen functional groups attached to an aromatic ring is 1. The fourth-order valence-corrected chi connectivity index (χ4v) is 3.85. The minimum Gasteiger partial charge on any atom is -0.489 e. The van der Waals surface area contributed by atoms with Crippen LogP contribution in [0.3, 0.4) is 0 Å². The Bertz CT molecular complexity index is 1130. The molecule has 5 N–H and O–H groups in total. The summed E-state index contributed by atoms with van der Waals surface area (Å²) in [7, 11) is 0. The molecule has 2 aromatic carbocycles. The van der Waals surface area contributed by atoms with E-state index < -0.39 is 23.4 Å². The van der Waals surface area contributed by atoms with Gasteiger partial charge in [0.15, 0.2) is 16.8 Å². The number of hydrogen-bond donors (Lipinski definition) is 4. The molecule has 1 atom stereocenters. The molecular formula is C22H22F2N4O4S. The van der Waals surface area contributed by atoms with Gasteiger partial charge < -0.3 is 26.2 Å². The van der Waals surface area contributed by atoms with Crippen LogP contribution in [0.1, 0.15) is 28.6 Å². The van der Waals surface area contributed by atoms with Gasteiger partial charge in [0, 0.05) is 24.7 Å². The zero-order chi connectivity index (χ0) is 24.0. The highest BCUT2D eigenvalue weighted by Crippen LogP contribution is 2.30. The Kier molecular flexibility index (Phi) is 7.91. The molecule has 0 saturated carbocycles. The standard InChI is InChI=1S/C20H18F2N4O2S.C2H4O2/c21-15-6-1-11(9-16(15)22)17(27)18-19(23)26-20(29-18)25-12-2-4-13(5-3-12)28-14-7-8-24-10-14;1-2(3)4/h1-6,9,14,24H,7-8,10,23H2,(H,25,26);1H3,(H,3,4). The fourth-order valence-electron chi connectivity index (χ4n) is 2.98. The van der Waals surface area contributed by atoms with Gasteiger partial charge in [-0.3, -0.25) is 9.59 Å².